The third-order valence-electron chi connectivity index (χ3n) is 1.98. The molecule has 1 atom stereocenters. The summed E-state index contributed by atoms with van der Waals surface area (Å²) in [4.78, 5) is 10.7. The van der Waals surface area contributed by atoms with Crippen molar-refractivity contribution in [1.29, 1.82) is 0 Å². The Bertz CT molecular complexity index is 292. The van der Waals surface area contributed by atoms with Gasteiger partial charge in [0.25, 0.3) is 0 Å². The molecule has 0 saturated heterocycles. The molecule has 0 spiro atoms. The van der Waals surface area contributed by atoms with Gasteiger partial charge in [-0.05, 0) is 24.1 Å². The van der Waals surface area contributed by atoms with Crippen molar-refractivity contribution in [2.75, 3.05) is 0 Å². The maximum atomic E-state index is 12.5. The Morgan fingerprint density at radius 2 is 2.00 bits per heavy atom. The average molecular weight is 182 g/mol. The summed E-state index contributed by atoms with van der Waals surface area (Å²) in [7, 11) is 0. The summed E-state index contributed by atoms with van der Waals surface area (Å²) >= 11 is 0. The molecule has 0 amide bonds. The number of aliphatic carboxylic acids is 1. The van der Waals surface area contributed by atoms with E-state index in [0.29, 0.717) is 12.0 Å². The normalized spacial score (nSPS) is 12.5. The van der Waals surface area contributed by atoms with Crippen LogP contribution in [-0.4, -0.2) is 11.1 Å². The van der Waals surface area contributed by atoms with Crippen molar-refractivity contribution in [3.8, 4) is 0 Å². The molecular formula is C10H11FO2. The fourth-order valence-electron chi connectivity index (χ4n) is 1.25. The number of hydrogen-bond acceptors (Lipinski definition) is 1. The third kappa shape index (κ3) is 2.28. The first kappa shape index (κ1) is 9.71. The zero-order valence-corrected chi connectivity index (χ0v) is 7.33. The van der Waals surface area contributed by atoms with Crippen LogP contribution in [0.25, 0.3) is 0 Å². The van der Waals surface area contributed by atoms with Crippen LogP contribution < -0.4 is 0 Å². The van der Waals surface area contributed by atoms with Crippen molar-refractivity contribution in [1.82, 2.24) is 0 Å². The predicted octanol–water partition coefficient (Wildman–Crippen LogP) is 2.40. The summed E-state index contributed by atoms with van der Waals surface area (Å²) in [5, 5.41) is 8.80. The number of rotatable bonds is 3. The molecule has 1 aromatic carbocycles. The van der Waals surface area contributed by atoms with Crippen molar-refractivity contribution < 1.29 is 14.3 Å². The SMILES string of the molecule is CC[C@@H](C(=O)O)c1ccc(F)cc1. The lowest BCUT2D eigenvalue weighted by atomic mass is 9.97. The second-order valence-electron chi connectivity index (χ2n) is 2.85. The molecule has 0 fully saturated rings. The number of carboxylic acids is 1. The predicted molar refractivity (Wildman–Crippen MR) is 47.1 cm³/mol. The summed E-state index contributed by atoms with van der Waals surface area (Å²) < 4.78 is 12.5. The van der Waals surface area contributed by atoms with Gasteiger partial charge in [-0.1, -0.05) is 19.1 Å². The highest BCUT2D eigenvalue weighted by Gasteiger charge is 2.16. The van der Waals surface area contributed by atoms with Crippen LogP contribution in [0.1, 0.15) is 24.8 Å². The number of halogens is 1. The largest absolute Gasteiger partial charge is 0.481 e. The van der Waals surface area contributed by atoms with Gasteiger partial charge in [-0.3, -0.25) is 4.79 Å². The Hall–Kier alpha value is -1.38. The lowest BCUT2D eigenvalue weighted by Gasteiger charge is -2.08. The molecule has 0 aliphatic heterocycles. The third-order valence-corrected chi connectivity index (χ3v) is 1.98. The number of benzene rings is 1. The molecule has 0 aliphatic carbocycles. The maximum absolute atomic E-state index is 12.5. The van der Waals surface area contributed by atoms with Gasteiger partial charge in [0.05, 0.1) is 5.92 Å². The van der Waals surface area contributed by atoms with E-state index in [4.69, 9.17) is 5.11 Å². The Morgan fingerprint density at radius 3 is 2.38 bits per heavy atom. The highest BCUT2D eigenvalue weighted by atomic mass is 19.1. The highest BCUT2D eigenvalue weighted by molar-refractivity contribution is 5.75. The Balaban J connectivity index is 2.92. The van der Waals surface area contributed by atoms with E-state index in [1.807, 2.05) is 0 Å². The Kier molecular flexibility index (Phi) is 3.01. The first-order chi connectivity index (χ1) is 6.15. The quantitative estimate of drug-likeness (QED) is 0.779. The standard InChI is InChI=1S/C10H11FO2/c1-2-9(10(12)13)7-3-5-8(11)6-4-7/h3-6,9H,2H2,1H3,(H,12,13)/t9-/m1/s1. The van der Waals surface area contributed by atoms with Crippen LogP contribution in [0.3, 0.4) is 0 Å². The molecule has 2 nitrogen and oxygen atoms in total. The minimum Gasteiger partial charge on any atom is -0.481 e. The molecule has 70 valence electrons. The molecular weight excluding hydrogens is 171 g/mol. The number of carboxylic acid groups (broad SMARTS) is 1. The minimum atomic E-state index is -0.867. The van der Waals surface area contributed by atoms with Crippen LogP contribution in [-0.2, 0) is 4.79 Å². The van der Waals surface area contributed by atoms with Crippen LogP contribution in [0.2, 0.25) is 0 Å². The summed E-state index contributed by atoms with van der Waals surface area (Å²) in [6.45, 7) is 1.79. The molecule has 0 heterocycles. The fourth-order valence-corrected chi connectivity index (χ4v) is 1.25. The van der Waals surface area contributed by atoms with E-state index < -0.39 is 11.9 Å². The van der Waals surface area contributed by atoms with E-state index in [1.54, 1.807) is 6.92 Å². The average Bonchev–Trinajstić information content (AvgIpc) is 2.09. The van der Waals surface area contributed by atoms with Gasteiger partial charge < -0.3 is 5.11 Å². The summed E-state index contributed by atoms with van der Waals surface area (Å²) in [6, 6.07) is 5.58. The van der Waals surface area contributed by atoms with Crippen LogP contribution in [0.15, 0.2) is 24.3 Å². The van der Waals surface area contributed by atoms with Crippen molar-refractivity contribution >= 4 is 5.97 Å². The number of carbonyl (C=O) groups is 1. The van der Waals surface area contributed by atoms with Crippen molar-refractivity contribution in [3.63, 3.8) is 0 Å². The summed E-state index contributed by atoms with van der Waals surface area (Å²) in [5.41, 5.74) is 0.649. The summed E-state index contributed by atoms with van der Waals surface area (Å²) in [6.07, 6.45) is 0.515. The molecule has 1 N–H and O–H groups in total. The van der Waals surface area contributed by atoms with Gasteiger partial charge in [-0.25, -0.2) is 4.39 Å². The molecule has 0 aromatic heterocycles. The van der Waals surface area contributed by atoms with E-state index in [2.05, 4.69) is 0 Å². The highest BCUT2D eigenvalue weighted by Crippen LogP contribution is 2.19. The van der Waals surface area contributed by atoms with E-state index in [-0.39, 0.29) is 5.82 Å². The smallest absolute Gasteiger partial charge is 0.310 e. The van der Waals surface area contributed by atoms with Crippen LogP contribution in [0.5, 0.6) is 0 Å². The summed E-state index contributed by atoms with van der Waals surface area (Å²) in [5.74, 6) is -1.74. The lowest BCUT2D eigenvalue weighted by Crippen LogP contribution is -2.10. The monoisotopic (exact) mass is 182 g/mol. The molecule has 0 saturated carbocycles. The maximum Gasteiger partial charge on any atom is 0.310 e. The van der Waals surface area contributed by atoms with Crippen LogP contribution >= 0.6 is 0 Å². The zero-order chi connectivity index (χ0) is 9.84. The first-order valence-corrected chi connectivity index (χ1v) is 4.13. The van der Waals surface area contributed by atoms with E-state index in [9.17, 15) is 9.18 Å². The van der Waals surface area contributed by atoms with Gasteiger partial charge in [-0.15, -0.1) is 0 Å². The van der Waals surface area contributed by atoms with Crippen molar-refractivity contribution in [2.45, 2.75) is 19.3 Å². The van der Waals surface area contributed by atoms with Gasteiger partial charge in [0.2, 0.25) is 0 Å². The van der Waals surface area contributed by atoms with Gasteiger partial charge in [0, 0.05) is 0 Å². The van der Waals surface area contributed by atoms with Crippen LogP contribution in [0.4, 0.5) is 4.39 Å². The Morgan fingerprint density at radius 1 is 1.46 bits per heavy atom. The fraction of sp³-hybridized carbons (Fsp3) is 0.300. The molecule has 3 heteroatoms. The molecule has 0 aliphatic rings. The second kappa shape index (κ2) is 4.03. The van der Waals surface area contributed by atoms with E-state index in [1.165, 1.54) is 24.3 Å². The van der Waals surface area contributed by atoms with Crippen LogP contribution in [0, 0.1) is 5.82 Å². The van der Waals surface area contributed by atoms with Gasteiger partial charge in [-0.2, -0.15) is 0 Å². The lowest BCUT2D eigenvalue weighted by molar-refractivity contribution is -0.138. The molecule has 1 rings (SSSR count). The van der Waals surface area contributed by atoms with Gasteiger partial charge in [0.1, 0.15) is 5.82 Å². The zero-order valence-electron chi connectivity index (χ0n) is 7.33. The van der Waals surface area contributed by atoms with Crippen molar-refractivity contribution in [3.05, 3.63) is 35.6 Å². The second-order valence-corrected chi connectivity index (χ2v) is 2.85. The minimum absolute atomic E-state index is 0.344. The molecule has 1 aromatic rings. The van der Waals surface area contributed by atoms with Crippen molar-refractivity contribution in [2.24, 2.45) is 0 Å². The van der Waals surface area contributed by atoms with E-state index >= 15 is 0 Å². The van der Waals surface area contributed by atoms with Gasteiger partial charge in [0.15, 0.2) is 0 Å². The Labute approximate surface area is 76.0 Å². The number of hydrogen-bond donors (Lipinski definition) is 1. The van der Waals surface area contributed by atoms with Gasteiger partial charge >= 0.3 is 5.97 Å². The molecule has 0 radical (unpaired) electrons. The molecule has 0 bridgehead atoms. The topological polar surface area (TPSA) is 37.3 Å². The molecule has 0 unspecified atom stereocenters. The molecule has 13 heavy (non-hydrogen) atoms. The first-order valence-electron chi connectivity index (χ1n) is 4.13. The van der Waals surface area contributed by atoms with E-state index in [0.717, 1.165) is 0 Å².